The minimum Gasteiger partial charge on any atom is -0.497 e. The van der Waals surface area contributed by atoms with Crippen LogP contribution < -0.4 is 16.0 Å². The van der Waals surface area contributed by atoms with Gasteiger partial charge in [0.05, 0.1) is 36.0 Å². The summed E-state index contributed by atoms with van der Waals surface area (Å²) >= 11 is 3.48. The Morgan fingerprint density at radius 2 is 1.69 bits per heavy atom. The van der Waals surface area contributed by atoms with Crippen LogP contribution in [0.4, 0.5) is 0 Å². The van der Waals surface area contributed by atoms with Gasteiger partial charge in [-0.3, -0.25) is 13.9 Å². The van der Waals surface area contributed by atoms with E-state index in [4.69, 9.17) is 9.47 Å². The molecule has 1 atom stereocenters. The van der Waals surface area contributed by atoms with Crippen LogP contribution in [-0.2, 0) is 25.4 Å². The third-order valence-electron chi connectivity index (χ3n) is 6.09. The van der Waals surface area contributed by atoms with Crippen LogP contribution in [0, 0.1) is 0 Å². The highest BCUT2D eigenvalue weighted by molar-refractivity contribution is 9.10. The van der Waals surface area contributed by atoms with Gasteiger partial charge in [0.25, 0.3) is 5.56 Å². The number of methoxy groups -OCH3 is 1. The van der Waals surface area contributed by atoms with Crippen LogP contribution in [0.15, 0.2) is 62.6 Å². The SMILES string of the molecule is COc1ccc(-c2c3c(=O)n(C)c(=O)n(C)c3c3n2CCOC3c2ccc(Br)cc2)cc1. The van der Waals surface area contributed by atoms with Crippen molar-refractivity contribution in [2.45, 2.75) is 12.6 Å². The van der Waals surface area contributed by atoms with Crippen LogP contribution in [-0.4, -0.2) is 27.4 Å². The maximum absolute atomic E-state index is 13.4. The van der Waals surface area contributed by atoms with Crippen molar-refractivity contribution in [3.05, 3.63) is 85.1 Å². The van der Waals surface area contributed by atoms with Crippen LogP contribution in [0.5, 0.6) is 5.75 Å². The Hall–Kier alpha value is -3.10. The molecule has 0 spiro atoms. The second-order valence-electron chi connectivity index (χ2n) is 7.85. The highest BCUT2D eigenvalue weighted by Crippen LogP contribution is 2.40. The summed E-state index contributed by atoms with van der Waals surface area (Å²) in [6.07, 6.45) is -0.399. The van der Waals surface area contributed by atoms with Gasteiger partial charge in [0.2, 0.25) is 0 Å². The molecule has 0 N–H and O–H groups in total. The highest BCUT2D eigenvalue weighted by Gasteiger charge is 2.33. The van der Waals surface area contributed by atoms with E-state index in [9.17, 15) is 9.59 Å². The summed E-state index contributed by atoms with van der Waals surface area (Å²) in [4.78, 5) is 26.2. The quantitative estimate of drug-likeness (QED) is 0.435. The van der Waals surface area contributed by atoms with Gasteiger partial charge in [0, 0.05) is 25.1 Å². The number of hydrogen-bond acceptors (Lipinski definition) is 4. The third kappa shape index (κ3) is 3.05. The summed E-state index contributed by atoms with van der Waals surface area (Å²) in [5, 5.41) is 0.516. The number of fused-ring (bicyclic) bond motifs is 3. The highest BCUT2D eigenvalue weighted by atomic mass is 79.9. The number of ether oxygens (including phenoxy) is 2. The van der Waals surface area contributed by atoms with Gasteiger partial charge in [-0.05, 0) is 47.5 Å². The predicted octanol–water partition coefficient (Wildman–Crippen LogP) is 3.60. The summed E-state index contributed by atoms with van der Waals surface area (Å²) in [5.41, 5.74) is 3.38. The lowest BCUT2D eigenvalue weighted by atomic mass is 10.0. The molecule has 164 valence electrons. The van der Waals surface area contributed by atoms with Gasteiger partial charge in [-0.25, -0.2) is 4.79 Å². The molecule has 2 aromatic heterocycles. The summed E-state index contributed by atoms with van der Waals surface area (Å²) in [5.74, 6) is 0.736. The number of aromatic nitrogens is 3. The van der Waals surface area contributed by atoms with Crippen molar-refractivity contribution in [2.75, 3.05) is 13.7 Å². The second kappa shape index (κ2) is 7.79. The van der Waals surface area contributed by atoms with E-state index in [0.29, 0.717) is 24.1 Å². The Morgan fingerprint density at radius 3 is 2.34 bits per heavy atom. The van der Waals surface area contributed by atoms with Crippen LogP contribution in [0.2, 0.25) is 0 Å². The fourth-order valence-corrected chi connectivity index (χ4v) is 4.78. The third-order valence-corrected chi connectivity index (χ3v) is 6.62. The molecule has 5 rings (SSSR count). The van der Waals surface area contributed by atoms with Gasteiger partial charge in [0.1, 0.15) is 11.9 Å². The first-order chi connectivity index (χ1) is 15.4. The molecule has 0 radical (unpaired) electrons. The summed E-state index contributed by atoms with van der Waals surface area (Å²) in [6.45, 7) is 1.07. The van der Waals surface area contributed by atoms with Crippen LogP contribution in [0.3, 0.4) is 0 Å². The van der Waals surface area contributed by atoms with Crippen molar-refractivity contribution in [1.29, 1.82) is 0 Å². The lowest BCUT2D eigenvalue weighted by molar-refractivity contribution is 0.0478. The summed E-state index contributed by atoms with van der Waals surface area (Å²) in [7, 11) is 4.84. The van der Waals surface area contributed by atoms with E-state index < -0.39 is 6.10 Å². The number of rotatable bonds is 3. The standard InChI is InChI=1S/C24H22BrN3O4/c1-26-20-18(23(29)27(2)24(26)30)19(14-6-10-17(31-3)11-7-14)28-12-13-32-22(21(20)28)15-4-8-16(25)9-5-15/h4-11,22H,12-13H2,1-3H3. The number of halogens is 1. The van der Waals surface area contributed by atoms with E-state index in [1.165, 1.54) is 7.05 Å². The minimum atomic E-state index is -0.399. The van der Waals surface area contributed by atoms with E-state index in [1.807, 2.05) is 48.5 Å². The lowest BCUT2D eigenvalue weighted by Crippen LogP contribution is -2.37. The zero-order chi connectivity index (χ0) is 22.6. The van der Waals surface area contributed by atoms with Crippen LogP contribution in [0.1, 0.15) is 17.4 Å². The first-order valence-electron chi connectivity index (χ1n) is 10.3. The van der Waals surface area contributed by atoms with Crippen molar-refractivity contribution in [3.63, 3.8) is 0 Å². The Labute approximate surface area is 192 Å². The van der Waals surface area contributed by atoms with Gasteiger partial charge < -0.3 is 14.0 Å². The molecule has 0 aliphatic carbocycles. The van der Waals surface area contributed by atoms with Gasteiger partial charge in [-0.2, -0.15) is 0 Å². The molecule has 0 bridgehead atoms. The number of benzene rings is 2. The maximum Gasteiger partial charge on any atom is 0.331 e. The van der Waals surface area contributed by atoms with E-state index >= 15 is 0 Å². The molecule has 1 aliphatic heterocycles. The first-order valence-corrected chi connectivity index (χ1v) is 11.0. The molecule has 7 nitrogen and oxygen atoms in total. The van der Waals surface area contributed by atoms with Crippen molar-refractivity contribution in [3.8, 4) is 17.0 Å². The molecule has 0 amide bonds. The molecule has 0 saturated heterocycles. The molecule has 0 fully saturated rings. The molecular weight excluding hydrogens is 474 g/mol. The van der Waals surface area contributed by atoms with E-state index in [0.717, 1.165) is 37.3 Å². The van der Waals surface area contributed by atoms with Crippen LogP contribution in [0.25, 0.3) is 22.2 Å². The predicted molar refractivity (Wildman–Crippen MR) is 126 cm³/mol. The van der Waals surface area contributed by atoms with Crippen molar-refractivity contribution >= 4 is 26.8 Å². The summed E-state index contributed by atoms with van der Waals surface area (Å²) in [6, 6.07) is 15.5. The monoisotopic (exact) mass is 495 g/mol. The Balaban J connectivity index is 1.90. The maximum atomic E-state index is 13.4. The van der Waals surface area contributed by atoms with E-state index in [2.05, 4.69) is 20.5 Å². The number of hydrogen-bond donors (Lipinski definition) is 0. The lowest BCUT2D eigenvalue weighted by Gasteiger charge is -2.27. The van der Waals surface area contributed by atoms with Gasteiger partial charge in [0.15, 0.2) is 0 Å². The average Bonchev–Trinajstić information content (AvgIpc) is 3.17. The molecular formula is C24H22BrN3O4. The first kappa shape index (κ1) is 20.8. The van der Waals surface area contributed by atoms with Gasteiger partial charge in [-0.15, -0.1) is 0 Å². The molecule has 32 heavy (non-hydrogen) atoms. The molecule has 8 heteroatoms. The van der Waals surface area contributed by atoms with Crippen molar-refractivity contribution in [1.82, 2.24) is 13.7 Å². The fraction of sp³-hybridized carbons (Fsp3) is 0.250. The van der Waals surface area contributed by atoms with E-state index in [1.54, 1.807) is 18.7 Å². The average molecular weight is 496 g/mol. The molecule has 1 unspecified atom stereocenters. The molecule has 1 aliphatic rings. The normalized spacial score (nSPS) is 15.7. The second-order valence-corrected chi connectivity index (χ2v) is 8.76. The smallest absolute Gasteiger partial charge is 0.331 e. The zero-order valence-electron chi connectivity index (χ0n) is 18.0. The molecule has 3 heterocycles. The van der Waals surface area contributed by atoms with Crippen molar-refractivity contribution in [2.24, 2.45) is 14.1 Å². The minimum absolute atomic E-state index is 0.314. The van der Waals surface area contributed by atoms with Gasteiger partial charge in [-0.1, -0.05) is 28.1 Å². The van der Waals surface area contributed by atoms with E-state index in [-0.39, 0.29) is 11.2 Å². The number of aryl methyl sites for hydroxylation is 1. The Kier molecular flexibility index (Phi) is 5.06. The van der Waals surface area contributed by atoms with Crippen LogP contribution >= 0.6 is 15.9 Å². The Bertz CT molecular complexity index is 1450. The fourth-order valence-electron chi connectivity index (χ4n) is 4.52. The molecule has 2 aromatic carbocycles. The topological polar surface area (TPSA) is 67.4 Å². The molecule has 0 saturated carbocycles. The Morgan fingerprint density at radius 1 is 1.00 bits per heavy atom. The molecule has 4 aromatic rings. The number of nitrogens with zero attached hydrogens (tertiary/aromatic N) is 3. The van der Waals surface area contributed by atoms with Crippen molar-refractivity contribution < 1.29 is 9.47 Å². The zero-order valence-corrected chi connectivity index (χ0v) is 19.5. The largest absolute Gasteiger partial charge is 0.497 e. The van der Waals surface area contributed by atoms with Gasteiger partial charge >= 0.3 is 5.69 Å². The summed E-state index contributed by atoms with van der Waals surface area (Å²) < 4.78 is 17.3.